The van der Waals surface area contributed by atoms with E-state index in [0.29, 0.717) is 79.3 Å². The van der Waals surface area contributed by atoms with Crippen LogP contribution >= 0.6 is 0 Å². The molecule has 2 aliphatic carbocycles. The van der Waals surface area contributed by atoms with Gasteiger partial charge in [-0.15, -0.1) is 0 Å². The smallest absolute Gasteiger partial charge is 0.243 e. The number of aromatic nitrogens is 2. The largest absolute Gasteiger partial charge is 0.492 e. The highest BCUT2D eigenvalue weighted by Gasteiger charge is 2.54. The first kappa shape index (κ1) is 53.3. The number of amides is 4. The van der Waals surface area contributed by atoms with E-state index in [2.05, 4.69) is 20.6 Å². The molecule has 0 unspecified atom stereocenters. The van der Waals surface area contributed by atoms with Gasteiger partial charge < -0.3 is 29.9 Å². The number of rotatable bonds is 10. The maximum Gasteiger partial charge on any atom is 0.243 e. The van der Waals surface area contributed by atoms with E-state index in [0.717, 1.165) is 45.5 Å². The number of hydrogen-bond donors (Lipinski definition) is 2. The van der Waals surface area contributed by atoms with Crippen molar-refractivity contribution in [1.82, 2.24) is 24.7 Å². The van der Waals surface area contributed by atoms with Crippen LogP contribution in [0.25, 0.3) is 0 Å². The number of ether oxygens (including phenoxy) is 2. The normalized spacial score (nSPS) is 25.1. The SMILES string of the molecule is CC1(C)CC[C@@](C)(c2cc(F)cc(F)c2)N(CCOc2ccc3c(c2)C[C@@]2(C3)C(=O)Nc3ncccc32)C1=O.CN1C[C@@](C)(c2cc(F)cc(F)c2)N(CCOc2ccc3c(c2)C[C@@]2(C3)C(=O)Nc3ncccc32)C(=O)C1(C)C. The molecule has 12 rings (SSSR count). The minimum atomic E-state index is -0.963. The number of likely N-dealkylation sites (tertiary alicyclic amines) is 1. The Morgan fingerprint density at radius 2 is 0.962 bits per heavy atom. The van der Waals surface area contributed by atoms with Crippen LogP contribution in [0.4, 0.5) is 29.2 Å². The van der Waals surface area contributed by atoms with Crippen molar-refractivity contribution in [3.05, 3.63) is 177 Å². The van der Waals surface area contributed by atoms with Crippen LogP contribution < -0.4 is 20.1 Å². The Morgan fingerprint density at radius 3 is 1.43 bits per heavy atom. The molecule has 6 aromatic rings. The Morgan fingerprint density at radius 1 is 0.532 bits per heavy atom. The van der Waals surface area contributed by atoms with Gasteiger partial charge in [0, 0.05) is 47.6 Å². The van der Waals surface area contributed by atoms with Gasteiger partial charge in [-0.05, 0) is 167 Å². The molecule has 4 aliphatic heterocycles. The number of carbonyl (C=O) groups excluding carboxylic acids is 4. The van der Waals surface area contributed by atoms with Crippen molar-refractivity contribution in [1.29, 1.82) is 0 Å². The maximum atomic E-state index is 14.2. The summed E-state index contributed by atoms with van der Waals surface area (Å²) in [7, 11) is 1.84. The number of halogens is 4. The number of nitrogens with one attached hydrogen (secondary N) is 2. The summed E-state index contributed by atoms with van der Waals surface area (Å²) in [4.78, 5) is 67.2. The lowest BCUT2D eigenvalue weighted by Crippen LogP contribution is -2.69. The van der Waals surface area contributed by atoms with Crippen molar-refractivity contribution in [3.8, 4) is 11.5 Å². The molecule has 2 aromatic heterocycles. The van der Waals surface area contributed by atoms with E-state index in [1.165, 1.54) is 24.3 Å². The summed E-state index contributed by atoms with van der Waals surface area (Å²) in [6.45, 7) is 12.5. The summed E-state index contributed by atoms with van der Waals surface area (Å²) in [6, 6.07) is 26.2. The van der Waals surface area contributed by atoms with E-state index in [-0.39, 0.29) is 49.9 Å². The Kier molecular flexibility index (Phi) is 13.0. The van der Waals surface area contributed by atoms with E-state index < -0.39 is 56.1 Å². The molecule has 17 heteroatoms. The Balaban J connectivity index is 0.000000167. The highest BCUT2D eigenvalue weighted by Crippen LogP contribution is 2.50. The van der Waals surface area contributed by atoms with Crippen molar-refractivity contribution in [2.24, 2.45) is 5.41 Å². The van der Waals surface area contributed by atoms with E-state index >= 15 is 0 Å². The fourth-order valence-corrected chi connectivity index (χ4v) is 13.0. The fourth-order valence-electron chi connectivity index (χ4n) is 13.0. The molecule has 2 saturated heterocycles. The van der Waals surface area contributed by atoms with Crippen LogP contribution in [-0.2, 0) is 66.8 Å². The molecule has 0 saturated carbocycles. The number of benzene rings is 4. The zero-order valence-electron chi connectivity index (χ0n) is 45.4. The van der Waals surface area contributed by atoms with E-state index in [1.807, 2.05) is 114 Å². The number of pyridine rings is 2. The van der Waals surface area contributed by atoms with Gasteiger partial charge in [-0.25, -0.2) is 27.5 Å². The molecule has 2 spiro atoms. The quantitative estimate of drug-likeness (QED) is 0.128. The van der Waals surface area contributed by atoms with Gasteiger partial charge in [0.25, 0.3) is 0 Å². The zero-order valence-corrected chi connectivity index (χ0v) is 45.4. The summed E-state index contributed by atoms with van der Waals surface area (Å²) < 4.78 is 68.9. The van der Waals surface area contributed by atoms with Crippen LogP contribution in [0.1, 0.15) is 98.9 Å². The van der Waals surface area contributed by atoms with Crippen molar-refractivity contribution >= 4 is 35.3 Å². The Hall–Kier alpha value is -7.66. The Labute approximate surface area is 456 Å². The average Bonchev–Trinajstić information content (AvgIpc) is 4.31. The lowest BCUT2D eigenvalue weighted by Gasteiger charge is -2.54. The Bertz CT molecular complexity index is 3460. The number of nitrogens with zero attached hydrogens (tertiary/aromatic N) is 5. The fraction of sp³-hybridized carbons (Fsp3) is 0.387. The molecule has 6 heterocycles. The summed E-state index contributed by atoms with van der Waals surface area (Å²) in [5.41, 5.74) is 2.45. The van der Waals surface area contributed by atoms with Crippen LogP contribution in [0.3, 0.4) is 0 Å². The average molecular weight is 1080 g/mol. The molecule has 4 amide bonds. The predicted octanol–water partition coefficient (Wildman–Crippen LogP) is 9.49. The second-order valence-electron chi connectivity index (χ2n) is 23.7. The highest BCUT2D eigenvalue weighted by molar-refractivity contribution is 6.07. The van der Waals surface area contributed by atoms with Crippen LogP contribution in [0.5, 0.6) is 11.5 Å². The molecular formula is C62H63F4N7O6. The van der Waals surface area contributed by atoms with Gasteiger partial charge in [0.1, 0.15) is 59.6 Å². The highest BCUT2D eigenvalue weighted by atomic mass is 19.1. The van der Waals surface area contributed by atoms with E-state index in [4.69, 9.17) is 9.47 Å². The number of fused-ring (bicyclic) bond motifs is 6. The number of likely N-dealkylation sites (N-methyl/N-ethyl adjacent to an activating group) is 1. The standard InChI is InChI=1S/C31H32F2N4O3.C31H31F2N3O3/c1-29(2)28(39)37(30(3,18-36(29)4)21-13-22(32)15-23(33)14-21)10-11-40-24-8-7-19-16-31(17-20(19)12-24)25-6-5-9-34-26(25)35-27(31)38;1-29(2)8-9-30(3,21-14-22(32)16-23(33)15-21)36(28(29)38)11-12-39-24-7-6-19-17-31(18-20(19)13-24)25-5-4-10-34-26(25)35-27(31)37/h5-9,12-15H,10-11,16-18H2,1-4H3,(H,34,35,38);4-7,10,13-16H,8-9,11-12,17-18H2,1-3H3,(H,34,35,37)/t2*30-,31+/m00/s1. The van der Waals surface area contributed by atoms with E-state index in [9.17, 15) is 36.7 Å². The third-order valence-corrected chi connectivity index (χ3v) is 18.0. The molecule has 13 nitrogen and oxygen atoms in total. The van der Waals surface area contributed by atoms with Crippen molar-refractivity contribution in [2.75, 3.05) is 50.5 Å². The van der Waals surface area contributed by atoms with Crippen LogP contribution in [0.2, 0.25) is 0 Å². The second-order valence-corrected chi connectivity index (χ2v) is 23.7. The molecule has 2 N–H and O–H groups in total. The number of piperazine rings is 1. The van der Waals surface area contributed by atoms with Crippen molar-refractivity contribution in [2.45, 2.75) is 108 Å². The second kappa shape index (κ2) is 19.3. The number of hydrogen-bond acceptors (Lipinski definition) is 9. The van der Waals surface area contributed by atoms with Gasteiger partial charge >= 0.3 is 0 Å². The maximum absolute atomic E-state index is 14.2. The first-order valence-corrected chi connectivity index (χ1v) is 26.8. The number of piperidine rings is 1. The lowest BCUT2D eigenvalue weighted by molar-refractivity contribution is -0.161. The molecule has 0 bridgehead atoms. The molecule has 0 radical (unpaired) electrons. The van der Waals surface area contributed by atoms with Crippen LogP contribution in [-0.4, -0.2) is 93.7 Å². The first-order valence-electron chi connectivity index (χ1n) is 26.8. The molecule has 6 aliphatic rings. The molecule has 4 aromatic carbocycles. The minimum Gasteiger partial charge on any atom is -0.492 e. The topological polar surface area (TPSA) is 146 Å². The number of anilines is 2. The van der Waals surface area contributed by atoms with Gasteiger partial charge in [-0.3, -0.25) is 24.1 Å². The van der Waals surface area contributed by atoms with Gasteiger partial charge in [-0.2, -0.15) is 0 Å². The third-order valence-electron chi connectivity index (χ3n) is 18.0. The number of carbonyl (C=O) groups is 4. The van der Waals surface area contributed by atoms with Crippen LogP contribution in [0.15, 0.2) is 109 Å². The molecule has 2 fully saturated rings. The first-order chi connectivity index (χ1) is 37.5. The minimum absolute atomic E-state index is 0.0332. The van der Waals surface area contributed by atoms with Gasteiger partial charge in [-0.1, -0.05) is 38.1 Å². The summed E-state index contributed by atoms with van der Waals surface area (Å²) in [5.74, 6) is -0.437. The molecule has 410 valence electrons. The summed E-state index contributed by atoms with van der Waals surface area (Å²) in [5, 5.41) is 5.85. The summed E-state index contributed by atoms with van der Waals surface area (Å²) in [6.07, 6.45) is 6.85. The molecule has 79 heavy (non-hydrogen) atoms. The molecule has 4 atom stereocenters. The monoisotopic (exact) mass is 1080 g/mol. The van der Waals surface area contributed by atoms with Gasteiger partial charge in [0.2, 0.25) is 23.6 Å². The lowest BCUT2D eigenvalue weighted by atomic mass is 9.72. The zero-order chi connectivity index (χ0) is 56.0. The van der Waals surface area contributed by atoms with Crippen molar-refractivity contribution in [3.63, 3.8) is 0 Å². The molecular weight excluding hydrogens is 1010 g/mol. The van der Waals surface area contributed by atoms with Crippen molar-refractivity contribution < 1.29 is 46.2 Å². The predicted molar refractivity (Wildman–Crippen MR) is 288 cm³/mol. The van der Waals surface area contributed by atoms with Crippen LogP contribution in [0, 0.1) is 28.7 Å². The van der Waals surface area contributed by atoms with Gasteiger partial charge in [0.05, 0.1) is 40.5 Å². The summed E-state index contributed by atoms with van der Waals surface area (Å²) >= 11 is 0. The van der Waals surface area contributed by atoms with E-state index in [1.54, 1.807) is 22.2 Å². The third kappa shape index (κ3) is 9.07. The van der Waals surface area contributed by atoms with Gasteiger partial charge in [0.15, 0.2) is 0 Å².